The van der Waals surface area contributed by atoms with E-state index >= 15 is 0 Å². The van der Waals surface area contributed by atoms with Crippen molar-refractivity contribution in [2.24, 2.45) is 0 Å². The van der Waals surface area contributed by atoms with Crippen LogP contribution in [0.4, 0.5) is 0 Å². The molecule has 1 saturated heterocycles. The zero-order valence-electron chi connectivity index (χ0n) is 15.3. The van der Waals surface area contributed by atoms with Gasteiger partial charge < -0.3 is 10.1 Å². The quantitative estimate of drug-likeness (QED) is 0.707. The standard InChI is InChI=1S/C20H32N2O2/c1-16-10-11-17(2)22(16)18(3)20(23)21-13-7-14-24-15-12-19-8-5-4-6-9-19/h4-6,8-9,16-18H,7,10-15H2,1-3H3,(H,21,23)/t16-,17-,18-/m1/s1. The monoisotopic (exact) mass is 332 g/mol. The Morgan fingerprint density at radius 3 is 2.54 bits per heavy atom. The average Bonchev–Trinajstić information content (AvgIpc) is 2.92. The minimum atomic E-state index is -0.0449. The van der Waals surface area contributed by atoms with Gasteiger partial charge in [-0.15, -0.1) is 0 Å². The summed E-state index contributed by atoms with van der Waals surface area (Å²) in [4.78, 5) is 14.6. The first-order valence-electron chi connectivity index (χ1n) is 9.26. The second-order valence-electron chi connectivity index (χ2n) is 6.89. The van der Waals surface area contributed by atoms with Gasteiger partial charge in [-0.2, -0.15) is 0 Å². The smallest absolute Gasteiger partial charge is 0.237 e. The molecule has 24 heavy (non-hydrogen) atoms. The number of nitrogens with zero attached hydrogens (tertiary/aromatic N) is 1. The summed E-state index contributed by atoms with van der Waals surface area (Å²) in [5.41, 5.74) is 1.30. The van der Waals surface area contributed by atoms with Crippen molar-refractivity contribution in [2.75, 3.05) is 19.8 Å². The summed E-state index contributed by atoms with van der Waals surface area (Å²) in [6.07, 6.45) is 4.18. The lowest BCUT2D eigenvalue weighted by molar-refractivity contribution is -0.126. The third-order valence-electron chi connectivity index (χ3n) is 4.99. The molecule has 0 unspecified atom stereocenters. The van der Waals surface area contributed by atoms with Crippen LogP contribution >= 0.6 is 0 Å². The molecule has 0 bridgehead atoms. The molecule has 0 aliphatic carbocycles. The summed E-state index contributed by atoms with van der Waals surface area (Å²) in [7, 11) is 0. The molecule has 1 heterocycles. The van der Waals surface area contributed by atoms with Gasteiger partial charge >= 0.3 is 0 Å². The Morgan fingerprint density at radius 1 is 1.21 bits per heavy atom. The molecular formula is C20H32N2O2. The van der Waals surface area contributed by atoms with Crippen molar-refractivity contribution in [3.8, 4) is 0 Å². The molecule has 134 valence electrons. The molecule has 1 amide bonds. The summed E-state index contributed by atoms with van der Waals surface area (Å²) in [6, 6.07) is 11.3. The maximum atomic E-state index is 12.3. The van der Waals surface area contributed by atoms with Gasteiger partial charge in [0.25, 0.3) is 0 Å². The Morgan fingerprint density at radius 2 is 1.88 bits per heavy atom. The number of hydrogen-bond donors (Lipinski definition) is 1. The number of nitrogens with one attached hydrogen (secondary N) is 1. The average molecular weight is 332 g/mol. The highest BCUT2D eigenvalue weighted by atomic mass is 16.5. The predicted molar refractivity (Wildman–Crippen MR) is 98.1 cm³/mol. The Balaban J connectivity index is 1.54. The van der Waals surface area contributed by atoms with Crippen molar-refractivity contribution < 1.29 is 9.53 Å². The van der Waals surface area contributed by atoms with Gasteiger partial charge in [-0.05, 0) is 52.0 Å². The van der Waals surface area contributed by atoms with E-state index in [4.69, 9.17) is 4.74 Å². The number of rotatable bonds is 9. The van der Waals surface area contributed by atoms with Crippen molar-refractivity contribution >= 4 is 5.91 Å². The number of benzene rings is 1. The summed E-state index contributed by atoms with van der Waals surface area (Å²) in [5, 5.41) is 3.05. The first-order chi connectivity index (χ1) is 11.6. The normalized spacial score (nSPS) is 22.5. The van der Waals surface area contributed by atoms with Crippen LogP contribution in [0.1, 0.15) is 45.6 Å². The van der Waals surface area contributed by atoms with Gasteiger partial charge in [-0.25, -0.2) is 0 Å². The van der Waals surface area contributed by atoms with Gasteiger partial charge in [-0.3, -0.25) is 9.69 Å². The van der Waals surface area contributed by atoms with Crippen LogP contribution in [0, 0.1) is 0 Å². The number of hydrogen-bond acceptors (Lipinski definition) is 3. The molecule has 0 radical (unpaired) electrons. The zero-order valence-corrected chi connectivity index (χ0v) is 15.3. The predicted octanol–water partition coefficient (Wildman–Crippen LogP) is 3.01. The summed E-state index contributed by atoms with van der Waals surface area (Å²) in [6.45, 7) is 8.56. The first-order valence-corrected chi connectivity index (χ1v) is 9.26. The van der Waals surface area contributed by atoms with Crippen LogP contribution < -0.4 is 5.32 Å². The minimum Gasteiger partial charge on any atom is -0.381 e. The van der Waals surface area contributed by atoms with Crippen LogP contribution in [0.5, 0.6) is 0 Å². The van der Waals surface area contributed by atoms with Crippen molar-refractivity contribution in [2.45, 2.75) is 64.6 Å². The summed E-state index contributed by atoms with van der Waals surface area (Å²) >= 11 is 0. The third-order valence-corrected chi connectivity index (χ3v) is 4.99. The van der Waals surface area contributed by atoms with E-state index in [2.05, 4.69) is 36.2 Å². The molecule has 4 heteroatoms. The Bertz CT molecular complexity index is 482. The zero-order chi connectivity index (χ0) is 17.4. The molecule has 0 saturated carbocycles. The summed E-state index contributed by atoms with van der Waals surface area (Å²) in [5.74, 6) is 0.139. The van der Waals surface area contributed by atoms with Crippen LogP contribution in [-0.4, -0.2) is 48.7 Å². The summed E-state index contributed by atoms with van der Waals surface area (Å²) < 4.78 is 5.65. The molecule has 0 aromatic heterocycles. The molecule has 1 aromatic carbocycles. The third kappa shape index (κ3) is 5.60. The molecule has 1 fully saturated rings. The second kappa shape index (κ2) is 9.80. The highest BCUT2D eigenvalue weighted by Crippen LogP contribution is 2.25. The van der Waals surface area contributed by atoms with E-state index in [0.717, 1.165) is 19.4 Å². The largest absolute Gasteiger partial charge is 0.381 e. The Labute approximate surface area is 146 Å². The lowest BCUT2D eigenvalue weighted by atomic mass is 10.2. The fraction of sp³-hybridized carbons (Fsp3) is 0.650. The molecule has 1 aromatic rings. The van der Waals surface area contributed by atoms with E-state index in [0.29, 0.717) is 25.2 Å². The topological polar surface area (TPSA) is 41.6 Å². The minimum absolute atomic E-state index is 0.0449. The van der Waals surface area contributed by atoms with Crippen LogP contribution in [-0.2, 0) is 16.0 Å². The van der Waals surface area contributed by atoms with E-state index in [1.165, 1.54) is 18.4 Å². The van der Waals surface area contributed by atoms with Crippen LogP contribution in [0.2, 0.25) is 0 Å². The van der Waals surface area contributed by atoms with E-state index < -0.39 is 0 Å². The fourth-order valence-corrected chi connectivity index (χ4v) is 3.58. The van der Waals surface area contributed by atoms with Gasteiger partial charge in [0.05, 0.1) is 12.6 Å². The first kappa shape index (κ1) is 18.9. The fourth-order valence-electron chi connectivity index (χ4n) is 3.58. The van der Waals surface area contributed by atoms with Crippen molar-refractivity contribution in [1.82, 2.24) is 10.2 Å². The van der Waals surface area contributed by atoms with Gasteiger partial charge in [0.15, 0.2) is 0 Å². The lowest BCUT2D eigenvalue weighted by Crippen LogP contribution is -2.49. The van der Waals surface area contributed by atoms with Gasteiger partial charge in [-0.1, -0.05) is 30.3 Å². The van der Waals surface area contributed by atoms with Gasteiger partial charge in [0.1, 0.15) is 0 Å². The Kier molecular flexibility index (Phi) is 7.73. The maximum Gasteiger partial charge on any atom is 0.237 e. The maximum absolute atomic E-state index is 12.3. The molecule has 1 aliphatic heterocycles. The highest BCUT2D eigenvalue weighted by Gasteiger charge is 2.33. The SMILES string of the molecule is C[C@@H]1CC[C@@H](C)N1[C@H](C)C(=O)NCCCOCCc1ccccc1. The number of likely N-dealkylation sites (tertiary alicyclic amines) is 1. The molecule has 4 nitrogen and oxygen atoms in total. The highest BCUT2D eigenvalue weighted by molar-refractivity contribution is 5.81. The number of carbonyl (C=O) groups is 1. The number of ether oxygens (including phenoxy) is 1. The number of carbonyl (C=O) groups excluding carboxylic acids is 1. The molecule has 0 spiro atoms. The van der Waals surface area contributed by atoms with E-state index in [1.807, 2.05) is 25.1 Å². The second-order valence-corrected chi connectivity index (χ2v) is 6.89. The van der Waals surface area contributed by atoms with E-state index in [9.17, 15) is 4.79 Å². The van der Waals surface area contributed by atoms with Crippen LogP contribution in [0.3, 0.4) is 0 Å². The van der Waals surface area contributed by atoms with Crippen molar-refractivity contribution in [3.05, 3.63) is 35.9 Å². The van der Waals surface area contributed by atoms with Crippen molar-refractivity contribution in [1.29, 1.82) is 0 Å². The Hall–Kier alpha value is -1.39. The molecule has 1 N–H and O–H groups in total. The molecule has 2 rings (SSSR count). The number of amides is 1. The van der Waals surface area contributed by atoms with Crippen molar-refractivity contribution in [3.63, 3.8) is 0 Å². The van der Waals surface area contributed by atoms with Gasteiger partial charge in [0, 0.05) is 25.2 Å². The van der Waals surface area contributed by atoms with E-state index in [-0.39, 0.29) is 11.9 Å². The van der Waals surface area contributed by atoms with E-state index in [1.54, 1.807) is 0 Å². The van der Waals surface area contributed by atoms with Gasteiger partial charge in [0.2, 0.25) is 5.91 Å². The molecule has 1 aliphatic rings. The van der Waals surface area contributed by atoms with Crippen LogP contribution in [0.15, 0.2) is 30.3 Å². The van der Waals surface area contributed by atoms with Crippen LogP contribution in [0.25, 0.3) is 0 Å². The lowest BCUT2D eigenvalue weighted by Gasteiger charge is -2.31. The molecular weight excluding hydrogens is 300 g/mol. The molecule has 3 atom stereocenters.